The van der Waals surface area contributed by atoms with Crippen LogP contribution in [0.1, 0.15) is 49.5 Å². The maximum atomic E-state index is 12.3. The number of nitrogens with zero attached hydrogens (tertiary/aromatic N) is 1. The molecule has 20 heavy (non-hydrogen) atoms. The average Bonchev–Trinajstić information content (AvgIpc) is 2.35. The molecular weight excluding hydrogens is 256 g/mol. The number of pyridine rings is 1. The van der Waals surface area contributed by atoms with Crippen LogP contribution in [0.3, 0.4) is 0 Å². The molecule has 1 heterocycles. The fraction of sp³-hybridized carbons (Fsp3) is 0.400. The SMILES string of the molecule is CCCC(C)(C)NC(=O)c1ccncc1/C=C/C(=O)O. The monoisotopic (exact) mass is 276 g/mol. The summed E-state index contributed by atoms with van der Waals surface area (Å²) >= 11 is 0. The number of aliphatic carboxylic acids is 1. The van der Waals surface area contributed by atoms with Gasteiger partial charge in [-0.25, -0.2) is 4.79 Å². The highest BCUT2D eigenvalue weighted by molar-refractivity contribution is 5.99. The molecule has 1 rings (SSSR count). The largest absolute Gasteiger partial charge is 0.478 e. The van der Waals surface area contributed by atoms with E-state index in [1.54, 1.807) is 6.07 Å². The van der Waals surface area contributed by atoms with E-state index in [0.717, 1.165) is 18.9 Å². The molecule has 5 heteroatoms. The van der Waals surface area contributed by atoms with Crippen LogP contribution in [-0.2, 0) is 4.79 Å². The van der Waals surface area contributed by atoms with Gasteiger partial charge in [-0.15, -0.1) is 0 Å². The molecule has 0 aliphatic heterocycles. The highest BCUT2D eigenvalue weighted by atomic mass is 16.4. The van der Waals surface area contributed by atoms with E-state index in [-0.39, 0.29) is 11.4 Å². The van der Waals surface area contributed by atoms with Crippen molar-refractivity contribution in [3.8, 4) is 0 Å². The van der Waals surface area contributed by atoms with Crippen molar-refractivity contribution in [2.45, 2.75) is 39.2 Å². The number of carbonyl (C=O) groups is 2. The van der Waals surface area contributed by atoms with Crippen LogP contribution in [0.25, 0.3) is 6.08 Å². The van der Waals surface area contributed by atoms with Crippen LogP contribution >= 0.6 is 0 Å². The molecule has 0 fully saturated rings. The summed E-state index contributed by atoms with van der Waals surface area (Å²) < 4.78 is 0. The quantitative estimate of drug-likeness (QED) is 0.782. The number of nitrogens with one attached hydrogen (secondary N) is 1. The van der Waals surface area contributed by atoms with Crippen LogP contribution in [0.15, 0.2) is 24.5 Å². The first-order valence-electron chi connectivity index (χ1n) is 6.53. The van der Waals surface area contributed by atoms with Gasteiger partial charge in [0.2, 0.25) is 0 Å². The summed E-state index contributed by atoms with van der Waals surface area (Å²) in [4.78, 5) is 26.8. The molecule has 0 saturated heterocycles. The van der Waals surface area contributed by atoms with Crippen molar-refractivity contribution in [1.29, 1.82) is 0 Å². The molecule has 1 amide bonds. The fourth-order valence-electron chi connectivity index (χ4n) is 1.97. The zero-order valence-electron chi connectivity index (χ0n) is 12.0. The lowest BCUT2D eigenvalue weighted by Crippen LogP contribution is -2.43. The molecule has 0 unspecified atom stereocenters. The number of carboxylic acid groups (broad SMARTS) is 1. The van der Waals surface area contributed by atoms with Crippen LogP contribution in [0.2, 0.25) is 0 Å². The smallest absolute Gasteiger partial charge is 0.328 e. The second kappa shape index (κ2) is 6.84. The molecule has 0 aromatic carbocycles. The Morgan fingerprint density at radius 3 is 2.75 bits per heavy atom. The first kappa shape index (κ1) is 15.9. The van der Waals surface area contributed by atoms with E-state index in [2.05, 4.69) is 17.2 Å². The average molecular weight is 276 g/mol. The molecule has 0 saturated carbocycles. The molecule has 0 aliphatic carbocycles. The van der Waals surface area contributed by atoms with E-state index in [1.165, 1.54) is 18.5 Å². The first-order chi connectivity index (χ1) is 9.35. The Morgan fingerprint density at radius 1 is 1.45 bits per heavy atom. The van der Waals surface area contributed by atoms with E-state index >= 15 is 0 Å². The van der Waals surface area contributed by atoms with Crippen molar-refractivity contribution in [2.24, 2.45) is 0 Å². The van der Waals surface area contributed by atoms with Crippen molar-refractivity contribution < 1.29 is 14.7 Å². The van der Waals surface area contributed by atoms with E-state index < -0.39 is 5.97 Å². The molecule has 0 bridgehead atoms. The van der Waals surface area contributed by atoms with E-state index in [9.17, 15) is 9.59 Å². The van der Waals surface area contributed by atoms with E-state index in [4.69, 9.17) is 5.11 Å². The van der Waals surface area contributed by atoms with Crippen molar-refractivity contribution in [3.63, 3.8) is 0 Å². The van der Waals surface area contributed by atoms with Crippen LogP contribution in [0, 0.1) is 0 Å². The summed E-state index contributed by atoms with van der Waals surface area (Å²) in [6, 6.07) is 1.58. The first-order valence-corrected chi connectivity index (χ1v) is 6.53. The van der Waals surface area contributed by atoms with Crippen molar-refractivity contribution in [3.05, 3.63) is 35.7 Å². The molecular formula is C15H20N2O3. The number of rotatable bonds is 6. The van der Waals surface area contributed by atoms with Crippen LogP contribution in [0.4, 0.5) is 0 Å². The standard InChI is InChI=1S/C15H20N2O3/c1-4-8-15(2,3)17-14(20)12-7-9-16-10-11(12)5-6-13(18)19/h5-7,9-10H,4,8H2,1-3H3,(H,17,20)(H,18,19)/b6-5+. The number of hydrogen-bond donors (Lipinski definition) is 2. The molecule has 2 N–H and O–H groups in total. The highest BCUT2D eigenvalue weighted by Gasteiger charge is 2.21. The molecule has 0 radical (unpaired) electrons. The molecule has 5 nitrogen and oxygen atoms in total. The number of carbonyl (C=O) groups excluding carboxylic acids is 1. The normalized spacial score (nSPS) is 11.6. The van der Waals surface area contributed by atoms with E-state index in [0.29, 0.717) is 11.1 Å². The second-order valence-electron chi connectivity index (χ2n) is 5.22. The minimum atomic E-state index is -1.06. The van der Waals surface area contributed by atoms with Crippen LogP contribution in [0.5, 0.6) is 0 Å². The lowest BCUT2D eigenvalue weighted by molar-refractivity contribution is -0.131. The number of aromatic nitrogens is 1. The summed E-state index contributed by atoms with van der Waals surface area (Å²) in [6.45, 7) is 5.98. The third-order valence-corrected chi connectivity index (χ3v) is 2.83. The van der Waals surface area contributed by atoms with Gasteiger partial charge in [-0.3, -0.25) is 9.78 Å². The van der Waals surface area contributed by atoms with Gasteiger partial charge in [-0.05, 0) is 32.4 Å². The summed E-state index contributed by atoms with van der Waals surface area (Å²) in [5.41, 5.74) is 0.601. The van der Waals surface area contributed by atoms with Crippen molar-refractivity contribution in [1.82, 2.24) is 10.3 Å². The predicted molar refractivity (Wildman–Crippen MR) is 77.4 cm³/mol. The Labute approximate surface area is 118 Å². The van der Waals surface area contributed by atoms with Gasteiger partial charge >= 0.3 is 5.97 Å². The fourth-order valence-corrected chi connectivity index (χ4v) is 1.97. The van der Waals surface area contributed by atoms with Gasteiger partial charge in [-0.1, -0.05) is 13.3 Å². The molecule has 0 spiro atoms. The predicted octanol–water partition coefficient (Wildman–Crippen LogP) is 2.49. The molecule has 1 aromatic rings. The maximum absolute atomic E-state index is 12.3. The molecule has 1 aromatic heterocycles. The third-order valence-electron chi connectivity index (χ3n) is 2.83. The van der Waals surface area contributed by atoms with E-state index in [1.807, 2.05) is 13.8 Å². The minimum Gasteiger partial charge on any atom is -0.478 e. The van der Waals surface area contributed by atoms with Gasteiger partial charge in [0.05, 0.1) is 0 Å². The Morgan fingerprint density at radius 2 is 2.15 bits per heavy atom. The number of amides is 1. The number of hydrogen-bond acceptors (Lipinski definition) is 3. The van der Waals surface area contributed by atoms with Gasteiger partial charge in [0, 0.05) is 35.1 Å². The topological polar surface area (TPSA) is 79.3 Å². The molecule has 108 valence electrons. The second-order valence-corrected chi connectivity index (χ2v) is 5.22. The maximum Gasteiger partial charge on any atom is 0.328 e. The van der Waals surface area contributed by atoms with Crippen LogP contribution in [-0.4, -0.2) is 27.5 Å². The zero-order valence-corrected chi connectivity index (χ0v) is 12.0. The zero-order chi connectivity index (χ0) is 15.2. The molecule has 0 atom stereocenters. The summed E-state index contributed by atoms with van der Waals surface area (Å²) in [5.74, 6) is -1.29. The molecule has 0 aliphatic rings. The van der Waals surface area contributed by atoms with Crippen molar-refractivity contribution >= 4 is 18.0 Å². The Balaban J connectivity index is 2.96. The van der Waals surface area contributed by atoms with Gasteiger partial charge in [-0.2, -0.15) is 0 Å². The van der Waals surface area contributed by atoms with Gasteiger partial charge in [0.15, 0.2) is 0 Å². The van der Waals surface area contributed by atoms with Gasteiger partial charge < -0.3 is 10.4 Å². The Bertz CT molecular complexity index is 522. The number of carboxylic acids is 1. The lowest BCUT2D eigenvalue weighted by atomic mass is 9.98. The Kier molecular flexibility index (Phi) is 5.43. The lowest BCUT2D eigenvalue weighted by Gasteiger charge is -2.26. The van der Waals surface area contributed by atoms with Gasteiger partial charge in [0.1, 0.15) is 0 Å². The highest BCUT2D eigenvalue weighted by Crippen LogP contribution is 2.14. The van der Waals surface area contributed by atoms with Crippen LogP contribution < -0.4 is 5.32 Å². The summed E-state index contributed by atoms with van der Waals surface area (Å²) in [6.07, 6.45) is 7.18. The minimum absolute atomic E-state index is 0.226. The van der Waals surface area contributed by atoms with Gasteiger partial charge in [0.25, 0.3) is 5.91 Å². The van der Waals surface area contributed by atoms with Crippen molar-refractivity contribution in [2.75, 3.05) is 0 Å². The summed E-state index contributed by atoms with van der Waals surface area (Å²) in [5, 5.41) is 11.6. The third kappa shape index (κ3) is 4.84. The summed E-state index contributed by atoms with van der Waals surface area (Å²) in [7, 11) is 0. The Hall–Kier alpha value is -2.17.